The van der Waals surface area contributed by atoms with Crippen molar-refractivity contribution in [1.82, 2.24) is 20.2 Å². The number of aromatic carboxylic acids is 1. The summed E-state index contributed by atoms with van der Waals surface area (Å²) in [6.45, 7) is 8.50. The topological polar surface area (TPSA) is 98.7 Å². The maximum Gasteiger partial charge on any atom is 0.335 e. The van der Waals surface area contributed by atoms with Gasteiger partial charge in [-0.25, -0.2) is 19.2 Å². The first-order valence-electron chi connectivity index (χ1n) is 13.5. The normalized spacial score (nSPS) is 15.0. The Morgan fingerprint density at radius 3 is 2.40 bits per heavy atom. The van der Waals surface area contributed by atoms with Gasteiger partial charge in [-0.2, -0.15) is 0 Å². The standard InChI is InChI=1S/C30H35ClFN5O3/c1-19(35-29(38)28-20(2)33-18-34-21(28)3)10-13-36-14-11-26(12-15-36)37(17-23-16-24(31)6-9-27(23)32)25-7-4-22(5-8-25)30(39)40/h4-9,16,18-19,26H,10-15,17H2,1-3H3,(H,35,38)(H,39,40). The summed E-state index contributed by atoms with van der Waals surface area (Å²) in [5.74, 6) is -1.46. The minimum absolute atomic E-state index is 0.0146. The van der Waals surface area contributed by atoms with Gasteiger partial charge in [-0.1, -0.05) is 11.6 Å². The van der Waals surface area contributed by atoms with E-state index in [4.69, 9.17) is 11.6 Å². The Morgan fingerprint density at radius 1 is 1.12 bits per heavy atom. The lowest BCUT2D eigenvalue weighted by molar-refractivity contribution is 0.0696. The number of anilines is 1. The summed E-state index contributed by atoms with van der Waals surface area (Å²) in [6.07, 6.45) is 4.00. The average Bonchev–Trinajstić information content (AvgIpc) is 2.92. The summed E-state index contributed by atoms with van der Waals surface area (Å²) >= 11 is 6.16. The summed E-state index contributed by atoms with van der Waals surface area (Å²) in [7, 11) is 0. The summed E-state index contributed by atoms with van der Waals surface area (Å²) in [4.78, 5) is 36.9. The highest BCUT2D eigenvalue weighted by Crippen LogP contribution is 2.28. The smallest absolute Gasteiger partial charge is 0.335 e. The molecule has 1 fully saturated rings. The summed E-state index contributed by atoms with van der Waals surface area (Å²) in [6, 6.07) is 11.4. The first-order valence-corrected chi connectivity index (χ1v) is 13.9. The predicted molar refractivity (Wildman–Crippen MR) is 154 cm³/mol. The molecule has 1 atom stereocenters. The van der Waals surface area contributed by atoms with Crippen LogP contribution in [0.3, 0.4) is 0 Å². The molecule has 0 saturated carbocycles. The van der Waals surface area contributed by atoms with E-state index in [0.29, 0.717) is 34.1 Å². The van der Waals surface area contributed by atoms with Crippen LogP contribution in [0.1, 0.15) is 63.9 Å². The zero-order valence-corrected chi connectivity index (χ0v) is 23.8. The van der Waals surface area contributed by atoms with Crippen molar-refractivity contribution in [3.8, 4) is 0 Å². The fourth-order valence-corrected chi connectivity index (χ4v) is 5.39. The molecule has 0 radical (unpaired) electrons. The Morgan fingerprint density at radius 2 is 1.77 bits per heavy atom. The second kappa shape index (κ2) is 13.2. The Hall–Kier alpha value is -3.56. The third kappa shape index (κ3) is 7.34. The second-order valence-electron chi connectivity index (χ2n) is 10.4. The van der Waals surface area contributed by atoms with Gasteiger partial charge < -0.3 is 20.2 Å². The molecular formula is C30H35ClFN5O3. The summed E-state index contributed by atoms with van der Waals surface area (Å²) in [5.41, 5.74) is 3.41. The fraction of sp³-hybridized carbons (Fsp3) is 0.400. The third-order valence-corrected chi connectivity index (χ3v) is 7.74. The Balaban J connectivity index is 1.37. The van der Waals surface area contributed by atoms with E-state index in [1.165, 1.54) is 18.5 Å². The number of piperidine rings is 1. The molecular weight excluding hydrogens is 533 g/mol. The maximum absolute atomic E-state index is 14.7. The number of nitrogens with one attached hydrogen (secondary N) is 1. The van der Waals surface area contributed by atoms with E-state index in [2.05, 4.69) is 25.1 Å². The van der Waals surface area contributed by atoms with Gasteiger partial charge in [0, 0.05) is 54.5 Å². The number of hydrogen-bond acceptors (Lipinski definition) is 6. The van der Waals surface area contributed by atoms with Gasteiger partial charge in [0.05, 0.1) is 22.5 Å². The van der Waals surface area contributed by atoms with E-state index in [0.717, 1.165) is 44.6 Å². The molecule has 2 heterocycles. The van der Waals surface area contributed by atoms with Gasteiger partial charge in [-0.3, -0.25) is 4.79 Å². The van der Waals surface area contributed by atoms with Crippen LogP contribution in [0.4, 0.5) is 10.1 Å². The fourth-order valence-electron chi connectivity index (χ4n) is 5.20. The highest BCUT2D eigenvalue weighted by atomic mass is 35.5. The first-order chi connectivity index (χ1) is 19.1. The maximum atomic E-state index is 14.7. The lowest BCUT2D eigenvalue weighted by atomic mass is 10.00. The molecule has 8 nitrogen and oxygen atoms in total. The largest absolute Gasteiger partial charge is 0.478 e. The van der Waals surface area contributed by atoms with Crippen LogP contribution < -0.4 is 10.2 Å². The molecule has 212 valence electrons. The number of carbonyl (C=O) groups excluding carboxylic acids is 1. The highest BCUT2D eigenvalue weighted by Gasteiger charge is 2.26. The SMILES string of the molecule is Cc1ncnc(C)c1C(=O)NC(C)CCN1CCC(N(Cc2cc(Cl)ccc2F)c2ccc(C(=O)O)cc2)CC1. The molecule has 0 bridgehead atoms. The number of halogens is 2. The van der Waals surface area contributed by atoms with E-state index < -0.39 is 5.97 Å². The first kappa shape index (κ1) is 29.4. The molecule has 10 heteroatoms. The third-order valence-electron chi connectivity index (χ3n) is 7.50. The van der Waals surface area contributed by atoms with Crippen LogP contribution >= 0.6 is 11.6 Å². The van der Waals surface area contributed by atoms with E-state index >= 15 is 0 Å². The molecule has 2 aromatic carbocycles. The lowest BCUT2D eigenvalue weighted by Crippen LogP contribution is -2.46. The molecule has 1 aliphatic rings. The minimum atomic E-state index is -0.986. The number of hydrogen-bond donors (Lipinski definition) is 2. The van der Waals surface area contributed by atoms with Crippen LogP contribution in [0.2, 0.25) is 5.02 Å². The summed E-state index contributed by atoms with van der Waals surface area (Å²) < 4.78 is 14.7. The van der Waals surface area contributed by atoms with Crippen molar-refractivity contribution in [2.24, 2.45) is 0 Å². The number of carboxylic acid groups (broad SMARTS) is 1. The van der Waals surface area contributed by atoms with Crippen LogP contribution in [0.5, 0.6) is 0 Å². The quantitative estimate of drug-likeness (QED) is 0.344. The van der Waals surface area contributed by atoms with Gasteiger partial charge in [0.25, 0.3) is 5.91 Å². The second-order valence-corrected chi connectivity index (χ2v) is 10.8. The lowest BCUT2D eigenvalue weighted by Gasteiger charge is -2.40. The van der Waals surface area contributed by atoms with Gasteiger partial charge in [-0.15, -0.1) is 0 Å². The molecule has 1 saturated heterocycles. The molecule has 4 rings (SSSR count). The number of nitrogens with zero attached hydrogens (tertiary/aromatic N) is 4. The Kier molecular flexibility index (Phi) is 9.71. The zero-order chi connectivity index (χ0) is 28.8. The van der Waals surface area contributed by atoms with E-state index in [9.17, 15) is 19.1 Å². The number of amides is 1. The number of benzene rings is 2. The van der Waals surface area contributed by atoms with Crippen LogP contribution in [0.15, 0.2) is 48.8 Å². The molecule has 2 N–H and O–H groups in total. The van der Waals surface area contributed by atoms with Crippen molar-refractivity contribution in [1.29, 1.82) is 0 Å². The molecule has 1 amide bonds. The highest BCUT2D eigenvalue weighted by molar-refractivity contribution is 6.30. The number of aromatic nitrogens is 2. The number of rotatable bonds is 10. The van der Waals surface area contributed by atoms with E-state index in [1.807, 2.05) is 20.8 Å². The molecule has 1 unspecified atom stereocenters. The van der Waals surface area contributed by atoms with Gasteiger partial charge >= 0.3 is 5.97 Å². The van der Waals surface area contributed by atoms with Gasteiger partial charge in [0.15, 0.2) is 0 Å². The number of aryl methyl sites for hydroxylation is 2. The van der Waals surface area contributed by atoms with Gasteiger partial charge in [-0.05, 0) is 82.5 Å². The van der Waals surface area contributed by atoms with Crippen LogP contribution in [0, 0.1) is 19.7 Å². The average molecular weight is 568 g/mol. The molecule has 3 aromatic rings. The minimum Gasteiger partial charge on any atom is -0.478 e. The van der Waals surface area contributed by atoms with Crippen LogP contribution in [-0.4, -0.2) is 63.6 Å². The molecule has 0 aliphatic carbocycles. The van der Waals surface area contributed by atoms with Crippen LogP contribution in [-0.2, 0) is 6.54 Å². The van der Waals surface area contributed by atoms with Crippen molar-refractivity contribution >= 4 is 29.2 Å². The Labute approximate surface area is 239 Å². The van der Waals surface area contributed by atoms with Crippen LogP contribution in [0.25, 0.3) is 0 Å². The van der Waals surface area contributed by atoms with Crippen molar-refractivity contribution in [3.63, 3.8) is 0 Å². The van der Waals surface area contributed by atoms with Crippen molar-refractivity contribution in [3.05, 3.63) is 87.7 Å². The van der Waals surface area contributed by atoms with E-state index in [-0.39, 0.29) is 29.4 Å². The van der Waals surface area contributed by atoms with E-state index in [1.54, 1.807) is 30.3 Å². The molecule has 1 aromatic heterocycles. The van der Waals surface area contributed by atoms with Crippen molar-refractivity contribution in [2.45, 2.75) is 58.7 Å². The van der Waals surface area contributed by atoms with Crippen molar-refractivity contribution in [2.75, 3.05) is 24.5 Å². The number of likely N-dealkylation sites (tertiary alicyclic amines) is 1. The van der Waals surface area contributed by atoms with Gasteiger partial charge in [0.1, 0.15) is 12.1 Å². The zero-order valence-electron chi connectivity index (χ0n) is 23.0. The monoisotopic (exact) mass is 567 g/mol. The Bertz CT molecular complexity index is 1330. The van der Waals surface area contributed by atoms with Crippen molar-refractivity contribution < 1.29 is 19.1 Å². The van der Waals surface area contributed by atoms with Gasteiger partial charge in [0.2, 0.25) is 0 Å². The number of carboxylic acids is 1. The number of carbonyl (C=O) groups is 2. The molecule has 40 heavy (non-hydrogen) atoms. The molecule has 0 spiro atoms. The molecule has 1 aliphatic heterocycles. The summed E-state index contributed by atoms with van der Waals surface area (Å²) in [5, 5.41) is 12.8. The predicted octanol–water partition coefficient (Wildman–Crippen LogP) is 5.26.